The lowest BCUT2D eigenvalue weighted by Crippen LogP contribution is -2.40. The fourth-order valence-corrected chi connectivity index (χ4v) is 2.62. The second-order valence-corrected chi connectivity index (χ2v) is 6.42. The first-order valence-electron chi connectivity index (χ1n) is 9.31. The van der Waals surface area contributed by atoms with Gasteiger partial charge in [0.05, 0.1) is 19.2 Å². The second kappa shape index (κ2) is 10.9. The molecule has 2 rings (SSSR count). The lowest BCUT2D eigenvalue weighted by molar-refractivity contribution is -0.152. The molecule has 0 bridgehead atoms. The Morgan fingerprint density at radius 1 is 1.14 bits per heavy atom. The van der Waals surface area contributed by atoms with Gasteiger partial charge in [0.2, 0.25) is 5.91 Å². The van der Waals surface area contributed by atoms with Crippen LogP contribution in [0.2, 0.25) is 0 Å². The molecule has 0 aliphatic rings. The molecule has 150 valence electrons. The van der Waals surface area contributed by atoms with Crippen LogP contribution in [-0.2, 0) is 25.5 Å². The SMILES string of the molecule is CCCN(CC(=O)Nc1ccccc1C)C(=O)COC(=O)CCc1ccco1. The van der Waals surface area contributed by atoms with Crippen molar-refractivity contribution in [3.05, 3.63) is 54.0 Å². The van der Waals surface area contributed by atoms with Gasteiger partial charge in [-0.05, 0) is 37.1 Å². The van der Waals surface area contributed by atoms with Crippen LogP contribution in [0.25, 0.3) is 0 Å². The molecule has 0 atom stereocenters. The van der Waals surface area contributed by atoms with Gasteiger partial charge in [-0.2, -0.15) is 0 Å². The third kappa shape index (κ3) is 6.90. The fourth-order valence-electron chi connectivity index (χ4n) is 2.62. The first-order valence-corrected chi connectivity index (χ1v) is 9.31. The molecular formula is C21H26N2O5. The molecule has 7 heteroatoms. The van der Waals surface area contributed by atoms with Gasteiger partial charge in [0, 0.05) is 18.7 Å². The van der Waals surface area contributed by atoms with E-state index in [4.69, 9.17) is 9.15 Å². The lowest BCUT2D eigenvalue weighted by atomic mass is 10.2. The quantitative estimate of drug-likeness (QED) is 0.634. The van der Waals surface area contributed by atoms with Gasteiger partial charge in [-0.15, -0.1) is 0 Å². The van der Waals surface area contributed by atoms with Gasteiger partial charge in [-0.1, -0.05) is 25.1 Å². The molecule has 0 aliphatic heterocycles. The van der Waals surface area contributed by atoms with E-state index in [2.05, 4.69) is 5.32 Å². The number of hydrogen-bond donors (Lipinski definition) is 1. The number of amides is 2. The maximum Gasteiger partial charge on any atom is 0.306 e. The van der Waals surface area contributed by atoms with Gasteiger partial charge >= 0.3 is 5.97 Å². The molecule has 0 saturated heterocycles. The first kappa shape index (κ1) is 21.2. The number of rotatable bonds is 10. The van der Waals surface area contributed by atoms with Gasteiger partial charge < -0.3 is 19.4 Å². The molecule has 2 amide bonds. The van der Waals surface area contributed by atoms with Crippen LogP contribution in [0.1, 0.15) is 31.1 Å². The van der Waals surface area contributed by atoms with E-state index in [1.54, 1.807) is 18.2 Å². The average molecular weight is 386 g/mol. The Morgan fingerprint density at radius 3 is 2.61 bits per heavy atom. The van der Waals surface area contributed by atoms with Crippen LogP contribution in [0.3, 0.4) is 0 Å². The van der Waals surface area contributed by atoms with Crippen molar-refractivity contribution in [2.24, 2.45) is 0 Å². The number of benzene rings is 1. The molecule has 0 radical (unpaired) electrons. The normalized spacial score (nSPS) is 10.4. The van der Waals surface area contributed by atoms with Crippen LogP contribution in [-0.4, -0.2) is 42.4 Å². The molecule has 1 aromatic heterocycles. The zero-order valence-electron chi connectivity index (χ0n) is 16.3. The summed E-state index contributed by atoms with van der Waals surface area (Å²) in [6.45, 7) is 3.74. The minimum absolute atomic E-state index is 0.0923. The Hall–Kier alpha value is -3.09. The summed E-state index contributed by atoms with van der Waals surface area (Å²) in [6, 6.07) is 10.9. The minimum Gasteiger partial charge on any atom is -0.469 e. The van der Waals surface area contributed by atoms with E-state index in [1.807, 2.05) is 32.0 Å². The Balaban J connectivity index is 1.80. The molecule has 1 N–H and O–H groups in total. The fraction of sp³-hybridized carbons (Fsp3) is 0.381. The number of anilines is 1. The van der Waals surface area contributed by atoms with E-state index in [1.165, 1.54) is 11.2 Å². The van der Waals surface area contributed by atoms with Crippen LogP contribution >= 0.6 is 0 Å². The highest BCUT2D eigenvalue weighted by atomic mass is 16.5. The lowest BCUT2D eigenvalue weighted by Gasteiger charge is -2.21. The molecule has 0 aliphatic carbocycles. The van der Waals surface area contributed by atoms with Gasteiger partial charge in [-0.25, -0.2) is 0 Å². The molecule has 1 heterocycles. The van der Waals surface area contributed by atoms with Crippen molar-refractivity contribution >= 4 is 23.5 Å². The number of nitrogens with one attached hydrogen (secondary N) is 1. The van der Waals surface area contributed by atoms with E-state index < -0.39 is 11.9 Å². The van der Waals surface area contributed by atoms with Crippen molar-refractivity contribution in [2.45, 2.75) is 33.1 Å². The van der Waals surface area contributed by atoms with Crippen LogP contribution in [0, 0.1) is 6.92 Å². The highest BCUT2D eigenvalue weighted by Crippen LogP contribution is 2.13. The summed E-state index contributed by atoms with van der Waals surface area (Å²) in [6.07, 6.45) is 2.77. The predicted molar refractivity (Wildman–Crippen MR) is 105 cm³/mol. The van der Waals surface area contributed by atoms with E-state index >= 15 is 0 Å². The summed E-state index contributed by atoms with van der Waals surface area (Å²) >= 11 is 0. The monoisotopic (exact) mass is 386 g/mol. The number of para-hydroxylation sites is 1. The summed E-state index contributed by atoms with van der Waals surface area (Å²) in [5, 5.41) is 2.80. The molecular weight excluding hydrogens is 360 g/mol. The van der Waals surface area contributed by atoms with Crippen LogP contribution in [0.4, 0.5) is 5.69 Å². The highest BCUT2D eigenvalue weighted by molar-refractivity contribution is 5.95. The first-order chi connectivity index (χ1) is 13.5. The standard InChI is InChI=1S/C21H26N2O5/c1-3-12-23(14-19(24)22-18-9-5-4-7-16(18)2)20(25)15-28-21(26)11-10-17-8-6-13-27-17/h4-9,13H,3,10-12,14-15H2,1-2H3,(H,22,24). The minimum atomic E-state index is -0.481. The Morgan fingerprint density at radius 2 is 1.93 bits per heavy atom. The zero-order chi connectivity index (χ0) is 20.4. The zero-order valence-corrected chi connectivity index (χ0v) is 16.3. The smallest absolute Gasteiger partial charge is 0.306 e. The molecule has 0 spiro atoms. The summed E-state index contributed by atoms with van der Waals surface area (Å²) in [4.78, 5) is 37.9. The number of carbonyl (C=O) groups excluding carboxylic acids is 3. The summed E-state index contributed by atoms with van der Waals surface area (Å²) in [5.74, 6) is -0.484. The third-order valence-electron chi connectivity index (χ3n) is 4.11. The number of aryl methyl sites for hydroxylation is 2. The molecule has 2 aromatic rings. The van der Waals surface area contributed by atoms with Gasteiger partial charge in [0.15, 0.2) is 6.61 Å². The summed E-state index contributed by atoms with van der Waals surface area (Å²) < 4.78 is 10.2. The average Bonchev–Trinajstić information content (AvgIpc) is 3.19. The highest BCUT2D eigenvalue weighted by Gasteiger charge is 2.18. The van der Waals surface area contributed by atoms with Gasteiger partial charge in [-0.3, -0.25) is 14.4 Å². The Bertz CT molecular complexity index is 786. The number of carbonyl (C=O) groups is 3. The molecule has 1 aromatic carbocycles. The molecule has 0 unspecified atom stereocenters. The van der Waals surface area contributed by atoms with Crippen molar-refractivity contribution < 1.29 is 23.5 Å². The van der Waals surface area contributed by atoms with Crippen molar-refractivity contribution in [3.63, 3.8) is 0 Å². The second-order valence-electron chi connectivity index (χ2n) is 6.42. The van der Waals surface area contributed by atoms with E-state index in [0.717, 1.165) is 5.56 Å². The molecule has 0 saturated carbocycles. The largest absolute Gasteiger partial charge is 0.469 e. The number of ether oxygens (including phenoxy) is 1. The number of nitrogens with zero attached hydrogens (tertiary/aromatic N) is 1. The van der Waals surface area contributed by atoms with Crippen molar-refractivity contribution in [3.8, 4) is 0 Å². The predicted octanol–water partition coefficient (Wildman–Crippen LogP) is 2.94. The Labute approximate surface area is 164 Å². The summed E-state index contributed by atoms with van der Waals surface area (Å²) in [7, 11) is 0. The molecule has 7 nitrogen and oxygen atoms in total. The maximum absolute atomic E-state index is 12.4. The number of furan rings is 1. The van der Waals surface area contributed by atoms with Crippen LogP contribution < -0.4 is 5.32 Å². The van der Waals surface area contributed by atoms with Crippen LogP contribution in [0.15, 0.2) is 47.1 Å². The van der Waals surface area contributed by atoms with E-state index in [-0.39, 0.29) is 25.5 Å². The van der Waals surface area contributed by atoms with Crippen molar-refractivity contribution in [2.75, 3.05) is 25.0 Å². The van der Waals surface area contributed by atoms with E-state index in [0.29, 0.717) is 30.8 Å². The summed E-state index contributed by atoms with van der Waals surface area (Å²) in [5.41, 5.74) is 1.65. The number of hydrogen-bond acceptors (Lipinski definition) is 5. The van der Waals surface area contributed by atoms with E-state index in [9.17, 15) is 14.4 Å². The molecule has 0 fully saturated rings. The maximum atomic E-state index is 12.4. The third-order valence-corrected chi connectivity index (χ3v) is 4.11. The van der Waals surface area contributed by atoms with Gasteiger partial charge in [0.25, 0.3) is 5.91 Å². The Kier molecular flexibility index (Phi) is 8.27. The number of esters is 1. The topological polar surface area (TPSA) is 88.9 Å². The van der Waals surface area contributed by atoms with Crippen molar-refractivity contribution in [1.82, 2.24) is 4.90 Å². The molecule has 28 heavy (non-hydrogen) atoms. The van der Waals surface area contributed by atoms with Crippen LogP contribution in [0.5, 0.6) is 0 Å². The van der Waals surface area contributed by atoms with Crippen molar-refractivity contribution in [1.29, 1.82) is 0 Å². The van der Waals surface area contributed by atoms with Gasteiger partial charge in [0.1, 0.15) is 5.76 Å².